The maximum Gasteiger partial charge on any atom is 0.492 e. The Bertz CT molecular complexity index is 984. The molecular formula is C13H13BrF4IN7O2S. The van der Waals surface area contributed by atoms with Crippen LogP contribution in [0.15, 0.2) is 30.5 Å². The third-order valence-corrected chi connectivity index (χ3v) is 5.61. The highest BCUT2D eigenvalue weighted by Gasteiger charge is 2.41. The number of benzene rings is 1. The van der Waals surface area contributed by atoms with Gasteiger partial charge in [0.25, 0.3) is 0 Å². The second-order valence-electron chi connectivity index (χ2n) is 5.33. The molecule has 16 heteroatoms. The van der Waals surface area contributed by atoms with Crippen LogP contribution in [0.1, 0.15) is 12.1 Å². The van der Waals surface area contributed by atoms with Crippen molar-refractivity contribution >= 4 is 66.1 Å². The number of rotatable bonds is 8. The van der Waals surface area contributed by atoms with Crippen molar-refractivity contribution in [2.24, 2.45) is 3.21 Å². The van der Waals surface area contributed by atoms with Crippen molar-refractivity contribution in [1.29, 1.82) is 4.78 Å². The molecule has 0 saturated heterocycles. The van der Waals surface area contributed by atoms with E-state index in [2.05, 4.69) is 44.7 Å². The van der Waals surface area contributed by atoms with Gasteiger partial charge in [-0.3, -0.25) is 0 Å². The molecule has 0 radical (unpaired) electrons. The normalized spacial score (nSPS) is 14.5. The summed E-state index contributed by atoms with van der Waals surface area (Å²) in [6.07, 6.45) is 0.104. The van der Waals surface area contributed by atoms with E-state index in [1.165, 1.54) is 18.2 Å². The molecule has 0 amide bonds. The van der Waals surface area contributed by atoms with Crippen LogP contribution in [0.25, 0.3) is 0 Å². The monoisotopic (exact) mass is 613 g/mol. The summed E-state index contributed by atoms with van der Waals surface area (Å²) < 4.78 is 78.9. The molecule has 0 aliphatic heterocycles. The van der Waals surface area contributed by atoms with Gasteiger partial charge >= 0.3 is 5.51 Å². The Labute approximate surface area is 184 Å². The van der Waals surface area contributed by atoms with Gasteiger partial charge in [-0.25, -0.2) is 22.7 Å². The Hall–Kier alpha value is -1.53. The van der Waals surface area contributed by atoms with Gasteiger partial charge in [0.05, 0.1) is 27.3 Å². The first kappa shape index (κ1) is 23.7. The average molecular weight is 614 g/mol. The van der Waals surface area contributed by atoms with Crippen LogP contribution in [-0.2, 0) is 9.92 Å². The van der Waals surface area contributed by atoms with Gasteiger partial charge < -0.3 is 10.6 Å². The predicted octanol–water partition coefficient (Wildman–Crippen LogP) is 4.05. The van der Waals surface area contributed by atoms with Crippen LogP contribution in [-0.4, -0.2) is 39.0 Å². The third-order valence-electron chi connectivity index (χ3n) is 3.26. The molecule has 1 aromatic carbocycles. The highest BCUT2D eigenvalue weighted by atomic mass is 127. The fourth-order valence-electron chi connectivity index (χ4n) is 1.88. The fraction of sp³-hybridized carbons (Fsp3) is 0.308. The van der Waals surface area contributed by atoms with Crippen molar-refractivity contribution in [3.8, 4) is 0 Å². The molecule has 0 aliphatic carbocycles. The van der Waals surface area contributed by atoms with E-state index in [9.17, 15) is 21.8 Å². The van der Waals surface area contributed by atoms with Crippen LogP contribution in [0, 0.1) is 10.6 Å². The molecule has 0 aliphatic rings. The van der Waals surface area contributed by atoms with E-state index in [0.717, 1.165) is 0 Å². The number of amidine groups is 1. The predicted molar refractivity (Wildman–Crippen MR) is 111 cm³/mol. The molecule has 2 aromatic rings. The molecular weight excluding hydrogens is 601 g/mol. The molecule has 29 heavy (non-hydrogen) atoms. The maximum atomic E-state index is 13.3. The molecule has 1 heterocycles. The molecule has 2 rings (SSSR count). The zero-order chi connectivity index (χ0) is 21.7. The standard InChI is InChI=1S/C13H13BrF4IN7O2S/c14-8-6-7(2-3-9(8)15)23-12(24-19)10-11(26-28-25-10)21-4-1-5-22-29(20,27)13(16,17)18/h2-3,6H,1,4-5H2,(H,21,26)(H,23,24)(H2,20,22,27). The van der Waals surface area contributed by atoms with Crippen molar-refractivity contribution < 1.29 is 26.4 Å². The van der Waals surface area contributed by atoms with E-state index < -0.39 is 21.2 Å². The number of hydrogen-bond donors (Lipinski definition) is 4. The molecule has 160 valence electrons. The lowest BCUT2D eigenvalue weighted by Gasteiger charge is -2.12. The minimum absolute atomic E-state index is 0.104. The summed E-state index contributed by atoms with van der Waals surface area (Å²) in [6, 6.07) is 4.21. The average Bonchev–Trinajstić information content (AvgIpc) is 3.09. The number of alkyl halides is 3. The SMILES string of the molecule is N=S(=O)(NCCCNc1nonc1C(=NI)Nc1ccc(F)c(Br)c1)C(F)(F)F. The Balaban J connectivity index is 1.95. The van der Waals surface area contributed by atoms with Crippen molar-refractivity contribution in [1.82, 2.24) is 15.0 Å². The van der Waals surface area contributed by atoms with Gasteiger partial charge in [-0.15, -0.1) is 0 Å². The Morgan fingerprint density at radius 1 is 1.34 bits per heavy atom. The Morgan fingerprint density at radius 3 is 2.69 bits per heavy atom. The van der Waals surface area contributed by atoms with Crippen LogP contribution in [0.4, 0.5) is 29.1 Å². The minimum Gasteiger partial charge on any atom is -0.365 e. The Morgan fingerprint density at radius 2 is 2.07 bits per heavy atom. The summed E-state index contributed by atoms with van der Waals surface area (Å²) >= 11 is 4.78. The van der Waals surface area contributed by atoms with Crippen molar-refractivity contribution in [3.05, 3.63) is 34.2 Å². The van der Waals surface area contributed by atoms with Gasteiger partial charge in [0.15, 0.2) is 11.5 Å². The lowest BCUT2D eigenvalue weighted by molar-refractivity contribution is -0.0417. The number of halogens is 6. The number of anilines is 2. The van der Waals surface area contributed by atoms with E-state index >= 15 is 0 Å². The van der Waals surface area contributed by atoms with Gasteiger partial charge in [-0.05, 0) is 50.9 Å². The van der Waals surface area contributed by atoms with Crippen LogP contribution in [0.3, 0.4) is 0 Å². The number of aromatic nitrogens is 2. The van der Waals surface area contributed by atoms with E-state index in [1.807, 2.05) is 0 Å². The zero-order valence-electron chi connectivity index (χ0n) is 14.2. The van der Waals surface area contributed by atoms with E-state index in [0.29, 0.717) is 5.69 Å². The molecule has 0 fully saturated rings. The molecule has 1 atom stereocenters. The fourth-order valence-corrected chi connectivity index (χ4v) is 3.21. The lowest BCUT2D eigenvalue weighted by Crippen LogP contribution is -2.36. The molecule has 0 saturated carbocycles. The van der Waals surface area contributed by atoms with E-state index in [-0.39, 0.29) is 41.3 Å². The number of nitrogens with zero attached hydrogens (tertiary/aromatic N) is 3. The van der Waals surface area contributed by atoms with Crippen molar-refractivity contribution in [2.45, 2.75) is 11.9 Å². The van der Waals surface area contributed by atoms with Crippen molar-refractivity contribution in [3.63, 3.8) is 0 Å². The van der Waals surface area contributed by atoms with Crippen LogP contribution in [0.2, 0.25) is 0 Å². The van der Waals surface area contributed by atoms with Gasteiger partial charge in [-0.2, -0.15) is 16.4 Å². The summed E-state index contributed by atoms with van der Waals surface area (Å²) in [5, 5.41) is 13.1. The van der Waals surface area contributed by atoms with Crippen LogP contribution < -0.4 is 15.4 Å². The molecule has 0 bridgehead atoms. The van der Waals surface area contributed by atoms with Gasteiger partial charge in [0.1, 0.15) is 5.82 Å². The first-order valence-electron chi connectivity index (χ1n) is 7.62. The quantitative estimate of drug-likeness (QED) is 0.117. The molecule has 0 spiro atoms. The lowest BCUT2D eigenvalue weighted by atomic mass is 10.3. The second kappa shape index (κ2) is 9.98. The van der Waals surface area contributed by atoms with Crippen LogP contribution in [0.5, 0.6) is 0 Å². The Kier molecular flexibility index (Phi) is 8.18. The third kappa shape index (κ3) is 6.48. The highest BCUT2D eigenvalue weighted by molar-refractivity contribution is 14.1. The van der Waals surface area contributed by atoms with E-state index in [4.69, 9.17) is 4.78 Å². The minimum atomic E-state index is -5.14. The molecule has 4 N–H and O–H groups in total. The first-order chi connectivity index (χ1) is 13.5. The van der Waals surface area contributed by atoms with Crippen LogP contribution >= 0.6 is 38.8 Å². The number of hydrogen-bond acceptors (Lipinski definition) is 7. The summed E-state index contributed by atoms with van der Waals surface area (Å²) in [4.78, 5) is 0. The largest absolute Gasteiger partial charge is 0.492 e. The van der Waals surface area contributed by atoms with E-state index in [1.54, 1.807) is 27.6 Å². The maximum absolute atomic E-state index is 13.3. The molecule has 1 unspecified atom stereocenters. The number of nitrogens with one attached hydrogen (secondary N) is 4. The smallest absolute Gasteiger partial charge is 0.365 e. The van der Waals surface area contributed by atoms with Gasteiger partial charge in [0.2, 0.25) is 15.7 Å². The summed E-state index contributed by atoms with van der Waals surface area (Å²) in [5.74, 6) is -0.0431. The second-order valence-corrected chi connectivity index (χ2v) is 8.53. The molecule has 1 aromatic heterocycles. The highest BCUT2D eigenvalue weighted by Crippen LogP contribution is 2.23. The molecule has 9 nitrogen and oxygen atoms in total. The topological polar surface area (TPSA) is 128 Å². The summed E-state index contributed by atoms with van der Waals surface area (Å²) in [5.41, 5.74) is -4.45. The summed E-state index contributed by atoms with van der Waals surface area (Å²) in [6.45, 7) is -0.192. The van der Waals surface area contributed by atoms with Crippen molar-refractivity contribution in [2.75, 3.05) is 23.7 Å². The summed E-state index contributed by atoms with van der Waals surface area (Å²) in [7, 11) is -4.88. The van der Waals surface area contributed by atoms with Gasteiger partial charge in [-0.1, -0.05) is 0 Å². The van der Waals surface area contributed by atoms with Gasteiger partial charge in [0, 0.05) is 18.8 Å². The first-order valence-corrected chi connectivity index (χ1v) is 10.9. The zero-order valence-corrected chi connectivity index (χ0v) is 18.7.